The number of hydrogen-bond acceptors (Lipinski definition) is 9. The highest BCUT2D eigenvalue weighted by Crippen LogP contribution is 2.38. The first-order chi connectivity index (χ1) is 23.3. The molecule has 250 valence electrons. The highest BCUT2D eigenvalue weighted by Gasteiger charge is 2.47. The lowest BCUT2D eigenvalue weighted by atomic mass is 10.0. The van der Waals surface area contributed by atoms with E-state index in [-0.39, 0.29) is 24.3 Å². The second kappa shape index (κ2) is 13.0. The summed E-state index contributed by atoms with van der Waals surface area (Å²) in [5.74, 6) is -3.30. The van der Waals surface area contributed by atoms with Crippen LogP contribution >= 0.6 is 0 Å². The van der Waals surface area contributed by atoms with Gasteiger partial charge in [-0.1, -0.05) is 6.07 Å². The molecule has 5 heterocycles. The van der Waals surface area contributed by atoms with Crippen LogP contribution in [0.25, 0.3) is 33.4 Å². The highest BCUT2D eigenvalue weighted by atomic mass is 19.3. The minimum absolute atomic E-state index is 0.0174. The van der Waals surface area contributed by atoms with Crippen LogP contribution in [0.3, 0.4) is 0 Å². The molecule has 4 aromatic rings. The Kier molecular flexibility index (Phi) is 8.63. The molecule has 2 aromatic heterocycles. The number of nitrogens with zero attached hydrogens (tertiary/aromatic N) is 5. The van der Waals surface area contributed by atoms with Crippen LogP contribution in [0.5, 0.6) is 11.5 Å². The Balaban J connectivity index is 1.11. The average molecular weight is 659 g/mol. The number of piperazine rings is 1. The third-order valence-corrected chi connectivity index (χ3v) is 9.50. The number of likely N-dealkylation sites (tertiary alicyclic amines) is 1. The Labute approximate surface area is 276 Å². The van der Waals surface area contributed by atoms with Gasteiger partial charge in [0.25, 0.3) is 0 Å². The van der Waals surface area contributed by atoms with Gasteiger partial charge in [0.2, 0.25) is 5.91 Å². The summed E-state index contributed by atoms with van der Waals surface area (Å²) in [7, 11) is 1.68. The lowest BCUT2D eigenvalue weighted by molar-refractivity contribution is -0.161. The van der Waals surface area contributed by atoms with E-state index in [1.807, 2.05) is 18.2 Å². The topological polar surface area (TPSA) is 127 Å². The first kappa shape index (κ1) is 31.8. The van der Waals surface area contributed by atoms with Gasteiger partial charge in [-0.05, 0) is 42.5 Å². The lowest BCUT2D eigenvalue weighted by Gasteiger charge is -2.43. The quantitative estimate of drug-likeness (QED) is 0.290. The fraction of sp³-hybridized carbons (Fsp3) is 0.400. The molecule has 0 saturated carbocycles. The number of nitrogens with one attached hydrogen (secondary N) is 1. The van der Waals surface area contributed by atoms with Crippen LogP contribution in [0.1, 0.15) is 12.0 Å². The number of piperidine rings is 1. The van der Waals surface area contributed by atoms with Gasteiger partial charge in [-0.25, -0.2) is 8.78 Å². The smallest absolute Gasteiger partial charge is 0.301 e. The molecular formula is C35H36F2N6O5. The van der Waals surface area contributed by atoms with Gasteiger partial charge in [-0.15, -0.1) is 0 Å². The van der Waals surface area contributed by atoms with Crippen molar-refractivity contribution in [3.8, 4) is 40.1 Å². The third kappa shape index (κ3) is 6.03. The Morgan fingerprint density at radius 3 is 2.56 bits per heavy atom. The van der Waals surface area contributed by atoms with Gasteiger partial charge in [0.15, 0.2) is 6.10 Å². The van der Waals surface area contributed by atoms with E-state index >= 15 is 0 Å². The molecule has 1 unspecified atom stereocenters. The van der Waals surface area contributed by atoms with E-state index in [9.17, 15) is 18.8 Å². The Hall–Kier alpha value is -4.77. The van der Waals surface area contributed by atoms with Gasteiger partial charge in [0.05, 0.1) is 49.9 Å². The van der Waals surface area contributed by atoms with Crippen molar-refractivity contribution in [1.82, 2.24) is 19.8 Å². The predicted molar refractivity (Wildman–Crippen MR) is 174 cm³/mol. The van der Waals surface area contributed by atoms with Crippen LogP contribution in [0.4, 0.5) is 14.5 Å². The second-order valence-corrected chi connectivity index (χ2v) is 12.4. The van der Waals surface area contributed by atoms with Crippen molar-refractivity contribution < 1.29 is 32.9 Å². The van der Waals surface area contributed by atoms with E-state index in [2.05, 4.69) is 38.0 Å². The number of hydrogen-bond donors (Lipinski definition) is 2. The second-order valence-electron chi connectivity index (χ2n) is 12.4. The zero-order chi connectivity index (χ0) is 33.4. The molecule has 48 heavy (non-hydrogen) atoms. The van der Waals surface area contributed by atoms with Crippen LogP contribution < -0.4 is 14.4 Å². The first-order valence-corrected chi connectivity index (χ1v) is 16.0. The molecule has 2 aromatic carbocycles. The minimum atomic E-state index is -3.36. The van der Waals surface area contributed by atoms with E-state index in [1.54, 1.807) is 25.4 Å². The molecule has 3 aliphatic rings. The predicted octanol–water partition coefficient (Wildman–Crippen LogP) is 3.91. The van der Waals surface area contributed by atoms with Gasteiger partial charge in [0, 0.05) is 73.1 Å². The first-order valence-electron chi connectivity index (χ1n) is 16.0. The summed E-state index contributed by atoms with van der Waals surface area (Å²) in [5, 5.41) is 19.8. The number of halogens is 2. The zero-order valence-electron chi connectivity index (χ0n) is 26.5. The summed E-state index contributed by atoms with van der Waals surface area (Å²) in [6.07, 6.45) is 0.00865. The maximum atomic E-state index is 14.9. The third-order valence-electron chi connectivity index (χ3n) is 9.50. The fourth-order valence-electron chi connectivity index (χ4n) is 6.71. The van der Waals surface area contributed by atoms with Crippen LogP contribution in [-0.2, 0) is 9.53 Å². The van der Waals surface area contributed by atoms with E-state index in [0.29, 0.717) is 17.3 Å². The van der Waals surface area contributed by atoms with Gasteiger partial charge >= 0.3 is 5.92 Å². The summed E-state index contributed by atoms with van der Waals surface area (Å²) in [6.45, 7) is 3.75. The number of pyridine rings is 1. The molecule has 2 N–H and O–H groups in total. The normalized spacial score (nSPS) is 19.9. The molecule has 3 aliphatic heterocycles. The number of carbonyl (C=O) groups excluding carboxylic acids is 1. The van der Waals surface area contributed by atoms with Crippen molar-refractivity contribution in [3.63, 3.8) is 0 Å². The van der Waals surface area contributed by atoms with E-state index in [4.69, 9.17) is 19.3 Å². The number of nitriles is 1. The van der Waals surface area contributed by atoms with Crippen molar-refractivity contribution in [2.24, 2.45) is 0 Å². The Morgan fingerprint density at radius 1 is 1.08 bits per heavy atom. The summed E-state index contributed by atoms with van der Waals surface area (Å²) in [6, 6.07) is 17.5. The number of carbonyl (C=O) groups is 1. The van der Waals surface area contributed by atoms with Gasteiger partial charge < -0.3 is 34.1 Å². The summed E-state index contributed by atoms with van der Waals surface area (Å²) < 4.78 is 46.7. The number of aliphatic hydroxyl groups excluding tert-OH is 1. The lowest BCUT2D eigenvalue weighted by Crippen LogP contribution is -2.56. The van der Waals surface area contributed by atoms with E-state index < -0.39 is 31.1 Å². The molecule has 7 rings (SSSR count). The SMILES string of the molecule is COc1cc(-c2cc3c(-c4ccc(OC5CCN(C(=O)CO)CC5(F)F)c(C#N)c4)nccc3[nH]2)ccc1N1CCN(C2COC2)CC1. The number of fused-ring (bicyclic) bond motifs is 1. The van der Waals surface area contributed by atoms with Crippen molar-refractivity contribution in [2.45, 2.75) is 24.5 Å². The fourth-order valence-corrected chi connectivity index (χ4v) is 6.71. The van der Waals surface area contributed by atoms with E-state index in [1.165, 1.54) is 6.07 Å². The van der Waals surface area contributed by atoms with Crippen molar-refractivity contribution in [1.29, 1.82) is 5.26 Å². The Bertz CT molecular complexity index is 1860. The van der Waals surface area contributed by atoms with Gasteiger partial charge in [-0.3, -0.25) is 14.7 Å². The minimum Gasteiger partial charge on any atom is -0.495 e. The number of anilines is 1. The number of rotatable bonds is 8. The number of H-pyrrole nitrogens is 1. The molecule has 3 saturated heterocycles. The summed E-state index contributed by atoms with van der Waals surface area (Å²) in [5.41, 5.74) is 5.05. The molecule has 0 radical (unpaired) electrons. The number of aromatic amines is 1. The summed E-state index contributed by atoms with van der Waals surface area (Å²) >= 11 is 0. The Morgan fingerprint density at radius 2 is 1.88 bits per heavy atom. The van der Waals surface area contributed by atoms with Crippen molar-refractivity contribution in [3.05, 3.63) is 60.3 Å². The van der Waals surface area contributed by atoms with Gasteiger partial charge in [0.1, 0.15) is 24.2 Å². The number of alkyl halides is 2. The molecule has 0 spiro atoms. The maximum absolute atomic E-state index is 14.9. The molecule has 0 bridgehead atoms. The molecule has 0 aliphatic carbocycles. The number of aliphatic hydroxyl groups is 1. The highest BCUT2D eigenvalue weighted by molar-refractivity contribution is 5.96. The molecular weight excluding hydrogens is 622 g/mol. The number of aromatic nitrogens is 2. The molecule has 11 nitrogen and oxygen atoms in total. The van der Waals surface area contributed by atoms with Crippen LogP contribution in [0.2, 0.25) is 0 Å². The van der Waals surface area contributed by atoms with Crippen LogP contribution in [0.15, 0.2) is 54.7 Å². The largest absolute Gasteiger partial charge is 0.495 e. The average Bonchev–Trinajstić information content (AvgIpc) is 3.53. The standard InChI is InChI=1S/C35H36F2N6O5/c1-46-31-15-22(2-4-29(31)42-12-10-41(11-13-42)25-19-47-20-25)28-16-26-27(40-28)6-8-39-34(26)23-3-5-30(24(14-23)17-38)48-32-7-9-43(33(45)18-44)21-35(32,36)37/h2-6,8,14-16,25,32,40,44H,7,9-13,18-21H2,1H3. The monoisotopic (exact) mass is 658 g/mol. The number of amides is 1. The molecule has 1 atom stereocenters. The van der Waals surface area contributed by atoms with E-state index in [0.717, 1.165) is 77.9 Å². The number of methoxy groups -OCH3 is 1. The van der Waals surface area contributed by atoms with Crippen LogP contribution in [-0.4, -0.2) is 115 Å². The zero-order valence-corrected chi connectivity index (χ0v) is 26.5. The molecule has 3 fully saturated rings. The molecule has 13 heteroatoms. The number of ether oxygens (including phenoxy) is 3. The van der Waals surface area contributed by atoms with Crippen LogP contribution in [0, 0.1) is 11.3 Å². The molecule has 1 amide bonds. The van der Waals surface area contributed by atoms with Crippen molar-refractivity contribution in [2.75, 3.05) is 71.1 Å². The van der Waals surface area contributed by atoms with Gasteiger partial charge in [-0.2, -0.15) is 5.26 Å². The summed E-state index contributed by atoms with van der Waals surface area (Å²) in [4.78, 5) is 25.6. The van der Waals surface area contributed by atoms with Crippen molar-refractivity contribution >= 4 is 22.5 Å². The number of benzene rings is 2. The maximum Gasteiger partial charge on any atom is 0.301 e.